The van der Waals surface area contributed by atoms with Crippen LogP contribution in [0.5, 0.6) is 17.2 Å². The SMILES string of the molecule is CCOc1ccc(NC(=O)C(C#N)=Cc2cc(OC)c(O)cc2Br)cc1. The highest BCUT2D eigenvalue weighted by Crippen LogP contribution is 2.33. The van der Waals surface area contributed by atoms with Crippen LogP contribution in [0.1, 0.15) is 12.5 Å². The Morgan fingerprint density at radius 1 is 1.35 bits per heavy atom. The van der Waals surface area contributed by atoms with Crippen molar-refractivity contribution in [3.05, 3.63) is 52.0 Å². The van der Waals surface area contributed by atoms with Gasteiger partial charge in [-0.15, -0.1) is 0 Å². The average molecular weight is 417 g/mol. The van der Waals surface area contributed by atoms with Gasteiger partial charge in [0.05, 0.1) is 13.7 Å². The van der Waals surface area contributed by atoms with Crippen molar-refractivity contribution < 1.29 is 19.4 Å². The van der Waals surface area contributed by atoms with E-state index in [2.05, 4.69) is 21.2 Å². The Kier molecular flexibility index (Phi) is 6.64. The number of anilines is 1. The summed E-state index contributed by atoms with van der Waals surface area (Å²) in [5, 5.41) is 21.7. The number of aromatic hydroxyl groups is 1. The number of amides is 1. The fourth-order valence-electron chi connectivity index (χ4n) is 2.14. The van der Waals surface area contributed by atoms with Gasteiger partial charge in [-0.1, -0.05) is 15.9 Å². The summed E-state index contributed by atoms with van der Waals surface area (Å²) in [4.78, 5) is 12.4. The third-order valence-electron chi connectivity index (χ3n) is 3.39. The van der Waals surface area contributed by atoms with E-state index in [9.17, 15) is 15.2 Å². The molecule has 0 atom stereocenters. The van der Waals surface area contributed by atoms with Crippen LogP contribution < -0.4 is 14.8 Å². The molecule has 2 N–H and O–H groups in total. The largest absolute Gasteiger partial charge is 0.504 e. The average Bonchev–Trinajstić information content (AvgIpc) is 2.63. The number of benzene rings is 2. The third kappa shape index (κ3) is 4.77. The zero-order chi connectivity index (χ0) is 19.1. The molecular formula is C19H17BrN2O4. The molecule has 0 spiro atoms. The van der Waals surface area contributed by atoms with E-state index >= 15 is 0 Å². The van der Waals surface area contributed by atoms with Gasteiger partial charge in [0.1, 0.15) is 17.4 Å². The highest BCUT2D eigenvalue weighted by Gasteiger charge is 2.13. The molecule has 6 nitrogen and oxygen atoms in total. The fourth-order valence-corrected chi connectivity index (χ4v) is 2.58. The molecule has 0 saturated heterocycles. The Hall–Kier alpha value is -2.98. The first-order valence-corrected chi connectivity index (χ1v) is 8.50. The number of halogens is 1. The molecule has 2 aromatic rings. The maximum absolute atomic E-state index is 12.4. The fraction of sp³-hybridized carbons (Fsp3) is 0.158. The number of carbonyl (C=O) groups is 1. The zero-order valence-electron chi connectivity index (χ0n) is 14.2. The van der Waals surface area contributed by atoms with Gasteiger partial charge in [-0.05, 0) is 55.0 Å². The number of rotatable bonds is 6. The summed E-state index contributed by atoms with van der Waals surface area (Å²) >= 11 is 3.29. The first-order valence-electron chi connectivity index (χ1n) is 7.71. The number of carbonyl (C=O) groups excluding carboxylic acids is 1. The predicted octanol–water partition coefficient (Wildman–Crippen LogP) is 4.11. The van der Waals surface area contributed by atoms with Crippen LogP contribution in [0, 0.1) is 11.3 Å². The topological polar surface area (TPSA) is 91.6 Å². The molecular weight excluding hydrogens is 400 g/mol. The van der Waals surface area contributed by atoms with Crippen LogP contribution >= 0.6 is 15.9 Å². The second-order valence-electron chi connectivity index (χ2n) is 5.13. The van der Waals surface area contributed by atoms with Crippen molar-refractivity contribution in [1.82, 2.24) is 0 Å². The minimum atomic E-state index is -0.546. The smallest absolute Gasteiger partial charge is 0.266 e. The molecule has 1 amide bonds. The van der Waals surface area contributed by atoms with Crippen LogP contribution in [-0.2, 0) is 4.79 Å². The summed E-state index contributed by atoms with van der Waals surface area (Å²) in [6.07, 6.45) is 1.41. The standard InChI is InChI=1S/C19H17BrN2O4/c1-3-26-15-6-4-14(5-7-15)22-19(24)13(11-21)8-12-9-18(25-2)17(23)10-16(12)20/h4-10,23H,3H2,1-2H3,(H,22,24). The number of ether oxygens (including phenoxy) is 2. The Labute approximate surface area is 159 Å². The second kappa shape index (κ2) is 8.92. The van der Waals surface area contributed by atoms with Crippen molar-refractivity contribution in [2.45, 2.75) is 6.92 Å². The summed E-state index contributed by atoms with van der Waals surface area (Å²) in [6.45, 7) is 2.44. The van der Waals surface area contributed by atoms with Gasteiger partial charge in [0.15, 0.2) is 11.5 Å². The highest BCUT2D eigenvalue weighted by atomic mass is 79.9. The van der Waals surface area contributed by atoms with E-state index in [1.54, 1.807) is 24.3 Å². The molecule has 2 rings (SSSR count). The van der Waals surface area contributed by atoms with Gasteiger partial charge in [0.25, 0.3) is 5.91 Å². The molecule has 0 unspecified atom stereocenters. The van der Waals surface area contributed by atoms with Crippen molar-refractivity contribution in [1.29, 1.82) is 5.26 Å². The van der Waals surface area contributed by atoms with Gasteiger partial charge in [0.2, 0.25) is 0 Å². The summed E-state index contributed by atoms with van der Waals surface area (Å²) in [6, 6.07) is 11.7. The lowest BCUT2D eigenvalue weighted by atomic mass is 10.1. The molecule has 26 heavy (non-hydrogen) atoms. The summed E-state index contributed by atoms with van der Waals surface area (Å²) < 4.78 is 10.9. The number of nitrogens with one attached hydrogen (secondary N) is 1. The summed E-state index contributed by atoms with van der Waals surface area (Å²) in [7, 11) is 1.42. The lowest BCUT2D eigenvalue weighted by Gasteiger charge is -2.08. The molecule has 0 heterocycles. The molecule has 0 aliphatic rings. The van der Waals surface area contributed by atoms with Gasteiger partial charge in [0, 0.05) is 10.2 Å². The molecule has 0 aliphatic heterocycles. The Morgan fingerprint density at radius 3 is 2.62 bits per heavy atom. The van der Waals surface area contributed by atoms with E-state index in [1.807, 2.05) is 13.0 Å². The normalized spacial score (nSPS) is 10.8. The van der Waals surface area contributed by atoms with Crippen LogP contribution in [0.15, 0.2) is 46.4 Å². The van der Waals surface area contributed by atoms with Crippen molar-refractivity contribution in [2.24, 2.45) is 0 Å². The van der Waals surface area contributed by atoms with E-state index in [-0.39, 0.29) is 17.1 Å². The van der Waals surface area contributed by atoms with Crippen LogP contribution in [0.2, 0.25) is 0 Å². The Morgan fingerprint density at radius 2 is 2.04 bits per heavy atom. The number of nitrogens with zero attached hydrogens (tertiary/aromatic N) is 1. The maximum Gasteiger partial charge on any atom is 0.266 e. The van der Waals surface area contributed by atoms with E-state index in [0.29, 0.717) is 28.1 Å². The zero-order valence-corrected chi connectivity index (χ0v) is 15.8. The lowest BCUT2D eigenvalue weighted by molar-refractivity contribution is -0.112. The van der Waals surface area contributed by atoms with Crippen molar-refractivity contribution in [3.8, 4) is 23.3 Å². The molecule has 0 saturated carbocycles. The van der Waals surface area contributed by atoms with Crippen LogP contribution in [0.25, 0.3) is 6.08 Å². The van der Waals surface area contributed by atoms with E-state index < -0.39 is 5.91 Å². The van der Waals surface area contributed by atoms with Crippen LogP contribution in [0.3, 0.4) is 0 Å². The minimum Gasteiger partial charge on any atom is -0.504 e. The first-order chi connectivity index (χ1) is 12.5. The quantitative estimate of drug-likeness (QED) is 0.545. The van der Waals surface area contributed by atoms with Crippen LogP contribution in [0.4, 0.5) is 5.69 Å². The molecule has 0 radical (unpaired) electrons. The van der Waals surface area contributed by atoms with Gasteiger partial charge in [-0.25, -0.2) is 0 Å². The molecule has 0 aliphatic carbocycles. The van der Waals surface area contributed by atoms with Gasteiger partial charge >= 0.3 is 0 Å². The summed E-state index contributed by atoms with van der Waals surface area (Å²) in [5.74, 6) is 0.342. The maximum atomic E-state index is 12.4. The highest BCUT2D eigenvalue weighted by molar-refractivity contribution is 9.10. The van der Waals surface area contributed by atoms with E-state index in [4.69, 9.17) is 9.47 Å². The van der Waals surface area contributed by atoms with Crippen LogP contribution in [-0.4, -0.2) is 24.7 Å². The number of methoxy groups -OCH3 is 1. The number of hydrogen-bond donors (Lipinski definition) is 2. The second-order valence-corrected chi connectivity index (χ2v) is 5.98. The monoisotopic (exact) mass is 416 g/mol. The Balaban J connectivity index is 2.23. The molecule has 2 aromatic carbocycles. The number of phenols is 1. The van der Waals surface area contributed by atoms with Crippen molar-refractivity contribution in [3.63, 3.8) is 0 Å². The first kappa shape index (κ1) is 19.3. The summed E-state index contributed by atoms with van der Waals surface area (Å²) in [5.41, 5.74) is 0.979. The minimum absolute atomic E-state index is 0.0473. The van der Waals surface area contributed by atoms with E-state index in [1.165, 1.54) is 25.3 Å². The van der Waals surface area contributed by atoms with E-state index in [0.717, 1.165) is 0 Å². The van der Waals surface area contributed by atoms with Gasteiger partial charge < -0.3 is 19.9 Å². The number of nitriles is 1. The molecule has 0 fully saturated rings. The van der Waals surface area contributed by atoms with Gasteiger partial charge in [-0.3, -0.25) is 4.79 Å². The number of hydrogen-bond acceptors (Lipinski definition) is 5. The number of phenolic OH excluding ortho intramolecular Hbond substituents is 1. The van der Waals surface area contributed by atoms with Crippen molar-refractivity contribution >= 4 is 33.6 Å². The van der Waals surface area contributed by atoms with Crippen molar-refractivity contribution in [2.75, 3.05) is 19.0 Å². The molecule has 134 valence electrons. The lowest BCUT2D eigenvalue weighted by Crippen LogP contribution is -2.13. The molecule has 0 aromatic heterocycles. The molecule has 7 heteroatoms. The van der Waals surface area contributed by atoms with Gasteiger partial charge in [-0.2, -0.15) is 5.26 Å². The Bertz CT molecular complexity index is 870. The molecule has 0 bridgehead atoms. The predicted molar refractivity (Wildman–Crippen MR) is 102 cm³/mol. The third-order valence-corrected chi connectivity index (χ3v) is 4.07.